The molecule has 132 valence electrons. The molecule has 3 nitrogen and oxygen atoms in total. The van der Waals surface area contributed by atoms with Gasteiger partial charge in [-0.2, -0.15) is 0 Å². The van der Waals surface area contributed by atoms with Crippen molar-refractivity contribution in [2.75, 3.05) is 26.2 Å². The molecular weight excluding hydrogens is 296 g/mol. The van der Waals surface area contributed by atoms with E-state index >= 15 is 0 Å². The van der Waals surface area contributed by atoms with Crippen LogP contribution in [-0.4, -0.2) is 47.9 Å². The average Bonchev–Trinajstić information content (AvgIpc) is 3.16. The molecule has 1 unspecified atom stereocenters. The number of nitrogens with zero attached hydrogens (tertiary/aromatic N) is 2. The van der Waals surface area contributed by atoms with Gasteiger partial charge in [0.25, 0.3) is 0 Å². The Balaban J connectivity index is 1.37. The highest BCUT2D eigenvalue weighted by Gasteiger charge is 2.28. The summed E-state index contributed by atoms with van der Waals surface area (Å²) in [5.41, 5.74) is 1.38. The Labute approximate surface area is 147 Å². The summed E-state index contributed by atoms with van der Waals surface area (Å²) in [6.45, 7) is 6.24. The van der Waals surface area contributed by atoms with Crippen LogP contribution in [0.4, 0.5) is 0 Å². The van der Waals surface area contributed by atoms with Gasteiger partial charge in [-0.05, 0) is 37.2 Å². The number of aryl methyl sites for hydroxylation is 1. The molecule has 2 aliphatic rings. The summed E-state index contributed by atoms with van der Waals surface area (Å²) in [5, 5.41) is 0. The molecule has 1 saturated heterocycles. The van der Waals surface area contributed by atoms with E-state index < -0.39 is 0 Å². The highest BCUT2D eigenvalue weighted by molar-refractivity contribution is 5.76. The molecule has 24 heavy (non-hydrogen) atoms. The fourth-order valence-electron chi connectivity index (χ4n) is 4.19. The highest BCUT2D eigenvalue weighted by atomic mass is 16.2. The second kappa shape index (κ2) is 8.66. The van der Waals surface area contributed by atoms with Gasteiger partial charge in [0.1, 0.15) is 0 Å². The molecule has 0 aromatic heterocycles. The van der Waals surface area contributed by atoms with Crippen molar-refractivity contribution in [3.05, 3.63) is 35.9 Å². The quantitative estimate of drug-likeness (QED) is 0.794. The fourth-order valence-corrected chi connectivity index (χ4v) is 4.19. The Morgan fingerprint density at radius 1 is 1.08 bits per heavy atom. The number of hydrogen-bond donors (Lipinski definition) is 0. The number of carbonyl (C=O) groups is 1. The monoisotopic (exact) mass is 328 g/mol. The maximum Gasteiger partial charge on any atom is 0.222 e. The topological polar surface area (TPSA) is 23.6 Å². The van der Waals surface area contributed by atoms with Gasteiger partial charge in [-0.1, -0.05) is 50.1 Å². The summed E-state index contributed by atoms with van der Waals surface area (Å²) < 4.78 is 0. The molecule has 0 bridgehead atoms. The number of hydrogen-bond acceptors (Lipinski definition) is 2. The van der Waals surface area contributed by atoms with Crippen LogP contribution in [0.5, 0.6) is 0 Å². The first-order valence-electron chi connectivity index (χ1n) is 9.78. The minimum Gasteiger partial charge on any atom is -0.340 e. The van der Waals surface area contributed by atoms with E-state index in [4.69, 9.17) is 0 Å². The van der Waals surface area contributed by atoms with E-state index in [-0.39, 0.29) is 0 Å². The van der Waals surface area contributed by atoms with Crippen molar-refractivity contribution < 1.29 is 4.79 Å². The first kappa shape index (κ1) is 17.5. The van der Waals surface area contributed by atoms with Gasteiger partial charge in [0.2, 0.25) is 5.91 Å². The van der Waals surface area contributed by atoms with E-state index in [0.29, 0.717) is 18.2 Å². The van der Waals surface area contributed by atoms with E-state index in [2.05, 4.69) is 47.1 Å². The molecular formula is C21H32N2O. The second-order valence-electron chi connectivity index (χ2n) is 7.69. The molecule has 1 aliphatic carbocycles. The van der Waals surface area contributed by atoms with Gasteiger partial charge in [-0.3, -0.25) is 9.69 Å². The molecule has 1 aromatic carbocycles. The standard InChI is InChI=1S/C21H32N2O/c1-18(11-12-19-7-3-2-4-8-19)17-21(24)23-15-13-22(14-16-23)20-9-5-6-10-20/h2-4,7-8,18,20H,5-6,9-17H2,1H3. The van der Waals surface area contributed by atoms with Crippen LogP contribution in [0.25, 0.3) is 0 Å². The summed E-state index contributed by atoms with van der Waals surface area (Å²) in [6.07, 6.45) is 8.39. The third-order valence-electron chi connectivity index (χ3n) is 5.80. The molecule has 1 saturated carbocycles. The molecule has 0 N–H and O–H groups in total. The summed E-state index contributed by atoms with van der Waals surface area (Å²) >= 11 is 0. The highest BCUT2D eigenvalue weighted by Crippen LogP contribution is 2.24. The van der Waals surface area contributed by atoms with Crippen molar-refractivity contribution in [3.8, 4) is 0 Å². The molecule has 1 aromatic rings. The van der Waals surface area contributed by atoms with Crippen LogP contribution in [0.15, 0.2) is 30.3 Å². The van der Waals surface area contributed by atoms with Gasteiger partial charge in [-0.15, -0.1) is 0 Å². The van der Waals surface area contributed by atoms with E-state index in [9.17, 15) is 4.79 Å². The summed E-state index contributed by atoms with van der Waals surface area (Å²) in [7, 11) is 0. The zero-order chi connectivity index (χ0) is 16.8. The molecule has 1 amide bonds. The lowest BCUT2D eigenvalue weighted by Crippen LogP contribution is -2.51. The largest absolute Gasteiger partial charge is 0.340 e. The van der Waals surface area contributed by atoms with Crippen molar-refractivity contribution in [1.29, 1.82) is 0 Å². The van der Waals surface area contributed by atoms with Crippen LogP contribution >= 0.6 is 0 Å². The maximum atomic E-state index is 12.6. The van der Waals surface area contributed by atoms with Crippen LogP contribution in [0.1, 0.15) is 51.0 Å². The number of rotatable bonds is 6. The first-order valence-corrected chi connectivity index (χ1v) is 9.78. The molecule has 1 atom stereocenters. The van der Waals surface area contributed by atoms with Crippen molar-refractivity contribution in [1.82, 2.24) is 9.80 Å². The van der Waals surface area contributed by atoms with E-state index in [0.717, 1.165) is 45.1 Å². The Kier molecular flexibility index (Phi) is 6.30. The molecule has 1 heterocycles. The fraction of sp³-hybridized carbons (Fsp3) is 0.667. The predicted molar refractivity (Wildman–Crippen MR) is 99.0 cm³/mol. The van der Waals surface area contributed by atoms with Gasteiger partial charge in [-0.25, -0.2) is 0 Å². The SMILES string of the molecule is CC(CCc1ccccc1)CC(=O)N1CCN(C2CCCC2)CC1. The molecule has 3 rings (SSSR count). The van der Waals surface area contributed by atoms with Crippen molar-refractivity contribution in [2.45, 2.75) is 57.9 Å². The van der Waals surface area contributed by atoms with Crippen LogP contribution in [0.3, 0.4) is 0 Å². The van der Waals surface area contributed by atoms with Gasteiger partial charge in [0, 0.05) is 38.6 Å². The smallest absolute Gasteiger partial charge is 0.222 e. The zero-order valence-corrected chi connectivity index (χ0v) is 15.1. The minimum absolute atomic E-state index is 0.363. The maximum absolute atomic E-state index is 12.6. The van der Waals surface area contributed by atoms with E-state index in [1.807, 2.05) is 0 Å². The second-order valence-corrected chi connectivity index (χ2v) is 7.69. The molecule has 1 aliphatic heterocycles. The van der Waals surface area contributed by atoms with Crippen molar-refractivity contribution >= 4 is 5.91 Å². The minimum atomic E-state index is 0.363. The molecule has 2 fully saturated rings. The Bertz CT molecular complexity index is 502. The van der Waals surface area contributed by atoms with Crippen LogP contribution in [-0.2, 0) is 11.2 Å². The zero-order valence-electron chi connectivity index (χ0n) is 15.1. The van der Waals surface area contributed by atoms with Gasteiger partial charge in [0.15, 0.2) is 0 Å². The average molecular weight is 329 g/mol. The first-order chi connectivity index (χ1) is 11.7. The van der Waals surface area contributed by atoms with E-state index in [1.165, 1.54) is 31.2 Å². The van der Waals surface area contributed by atoms with Crippen LogP contribution in [0, 0.1) is 5.92 Å². The van der Waals surface area contributed by atoms with E-state index in [1.54, 1.807) is 0 Å². The number of amides is 1. The van der Waals surface area contributed by atoms with Crippen molar-refractivity contribution in [3.63, 3.8) is 0 Å². The molecule has 3 heteroatoms. The Morgan fingerprint density at radius 3 is 2.42 bits per heavy atom. The van der Waals surface area contributed by atoms with Gasteiger partial charge < -0.3 is 4.90 Å². The van der Waals surface area contributed by atoms with Crippen molar-refractivity contribution in [2.24, 2.45) is 5.92 Å². The van der Waals surface area contributed by atoms with Gasteiger partial charge >= 0.3 is 0 Å². The molecule has 0 spiro atoms. The predicted octanol–water partition coefficient (Wildman–Crippen LogP) is 3.73. The lowest BCUT2D eigenvalue weighted by Gasteiger charge is -2.38. The Hall–Kier alpha value is -1.35. The van der Waals surface area contributed by atoms with Crippen LogP contribution in [0.2, 0.25) is 0 Å². The third-order valence-corrected chi connectivity index (χ3v) is 5.80. The third kappa shape index (κ3) is 4.83. The summed E-state index contributed by atoms with van der Waals surface area (Å²) in [5.74, 6) is 0.826. The van der Waals surface area contributed by atoms with Gasteiger partial charge in [0.05, 0.1) is 0 Å². The number of benzene rings is 1. The normalized spacial score (nSPS) is 21.1. The lowest BCUT2D eigenvalue weighted by atomic mass is 9.97. The number of piperazine rings is 1. The number of carbonyl (C=O) groups excluding carboxylic acids is 1. The summed E-state index contributed by atoms with van der Waals surface area (Å²) in [4.78, 5) is 17.3. The summed E-state index contributed by atoms with van der Waals surface area (Å²) in [6, 6.07) is 11.4. The Morgan fingerprint density at radius 2 is 1.75 bits per heavy atom. The van der Waals surface area contributed by atoms with Crippen LogP contribution < -0.4 is 0 Å². The molecule has 0 radical (unpaired) electrons. The lowest BCUT2D eigenvalue weighted by molar-refractivity contribution is -0.134.